The second-order valence-electron chi connectivity index (χ2n) is 8.78. The largest absolute Gasteiger partial charge is 0.462 e. The van der Waals surface area contributed by atoms with E-state index >= 15 is 0 Å². The van der Waals surface area contributed by atoms with Gasteiger partial charge in [-0.05, 0) is 71.1 Å². The van der Waals surface area contributed by atoms with Crippen LogP contribution in [-0.4, -0.2) is 41.8 Å². The number of nitrogens with one attached hydrogen (secondary N) is 1. The lowest BCUT2D eigenvalue weighted by Crippen LogP contribution is -2.23. The van der Waals surface area contributed by atoms with Crippen LogP contribution in [0.3, 0.4) is 0 Å². The molecule has 0 atom stereocenters. The standard InChI is InChI=1S/C27H28N2O7/c1-5-34-27(33)24-22(15(3)30)16(4)36-25(24)29-21(31)13-35-26(32)23-17-8-6-7-9-19(17)28-20-11-10-14(2)12-18(20)23/h10-12H,5-9,13H2,1-4H3,(H,29,31). The van der Waals surface area contributed by atoms with Crippen molar-refractivity contribution in [2.24, 2.45) is 0 Å². The lowest BCUT2D eigenvalue weighted by atomic mass is 9.89. The normalized spacial score (nSPS) is 12.7. The van der Waals surface area contributed by atoms with Gasteiger partial charge in [-0.15, -0.1) is 0 Å². The summed E-state index contributed by atoms with van der Waals surface area (Å²) in [6.45, 7) is 5.82. The zero-order chi connectivity index (χ0) is 26.0. The van der Waals surface area contributed by atoms with E-state index in [1.807, 2.05) is 25.1 Å². The number of hydrogen-bond donors (Lipinski definition) is 1. The molecule has 3 aromatic rings. The minimum Gasteiger partial charge on any atom is -0.462 e. The van der Waals surface area contributed by atoms with Crippen molar-refractivity contribution < 1.29 is 33.1 Å². The summed E-state index contributed by atoms with van der Waals surface area (Å²) in [4.78, 5) is 55.2. The number of amides is 1. The highest BCUT2D eigenvalue weighted by molar-refractivity contribution is 6.11. The van der Waals surface area contributed by atoms with Crippen molar-refractivity contribution in [2.75, 3.05) is 18.5 Å². The molecule has 0 unspecified atom stereocenters. The molecule has 9 heteroatoms. The van der Waals surface area contributed by atoms with E-state index in [2.05, 4.69) is 5.32 Å². The van der Waals surface area contributed by atoms with Crippen molar-refractivity contribution in [3.63, 3.8) is 0 Å². The number of aromatic nitrogens is 1. The molecular formula is C27H28N2O7. The lowest BCUT2D eigenvalue weighted by molar-refractivity contribution is -0.119. The van der Waals surface area contributed by atoms with Gasteiger partial charge in [0.1, 0.15) is 11.3 Å². The molecule has 0 saturated carbocycles. The molecule has 0 bridgehead atoms. The maximum atomic E-state index is 13.2. The topological polar surface area (TPSA) is 125 Å². The first-order valence-electron chi connectivity index (χ1n) is 11.9. The summed E-state index contributed by atoms with van der Waals surface area (Å²) >= 11 is 0. The van der Waals surface area contributed by atoms with Gasteiger partial charge in [0.25, 0.3) is 5.91 Å². The van der Waals surface area contributed by atoms with E-state index in [-0.39, 0.29) is 29.4 Å². The number of Topliss-reactive ketones (excluding diaryl/α,β-unsaturated/α-hetero) is 1. The maximum Gasteiger partial charge on any atom is 0.344 e. The Hall–Kier alpha value is -4.01. The fraction of sp³-hybridized carbons (Fsp3) is 0.370. The van der Waals surface area contributed by atoms with Crippen molar-refractivity contribution in [2.45, 2.75) is 53.4 Å². The molecule has 1 aliphatic carbocycles. The predicted molar refractivity (Wildman–Crippen MR) is 131 cm³/mol. The highest BCUT2D eigenvalue weighted by Crippen LogP contribution is 2.31. The third-order valence-corrected chi connectivity index (χ3v) is 6.12. The number of fused-ring (bicyclic) bond motifs is 2. The number of rotatable bonds is 7. The van der Waals surface area contributed by atoms with Crippen LogP contribution >= 0.6 is 0 Å². The highest BCUT2D eigenvalue weighted by Gasteiger charge is 2.29. The van der Waals surface area contributed by atoms with Crippen LogP contribution < -0.4 is 5.32 Å². The maximum absolute atomic E-state index is 13.2. The van der Waals surface area contributed by atoms with Crippen LogP contribution in [0.2, 0.25) is 0 Å². The smallest absolute Gasteiger partial charge is 0.344 e. The molecule has 36 heavy (non-hydrogen) atoms. The summed E-state index contributed by atoms with van der Waals surface area (Å²) in [6.07, 6.45) is 3.44. The molecule has 1 N–H and O–H groups in total. The molecule has 1 amide bonds. The zero-order valence-electron chi connectivity index (χ0n) is 20.8. The van der Waals surface area contributed by atoms with Gasteiger partial charge in [0.05, 0.1) is 23.3 Å². The number of anilines is 1. The number of esters is 2. The Morgan fingerprint density at radius 3 is 2.44 bits per heavy atom. The summed E-state index contributed by atoms with van der Waals surface area (Å²) < 4.78 is 15.9. The van der Waals surface area contributed by atoms with E-state index in [4.69, 9.17) is 18.9 Å². The fourth-order valence-electron chi connectivity index (χ4n) is 4.59. The summed E-state index contributed by atoms with van der Waals surface area (Å²) in [5.74, 6) is -2.59. The van der Waals surface area contributed by atoms with E-state index in [9.17, 15) is 19.2 Å². The molecule has 0 radical (unpaired) electrons. The molecule has 4 rings (SSSR count). The minimum atomic E-state index is -0.794. The van der Waals surface area contributed by atoms with E-state index in [1.165, 1.54) is 13.8 Å². The van der Waals surface area contributed by atoms with Gasteiger partial charge < -0.3 is 13.9 Å². The van der Waals surface area contributed by atoms with Crippen LogP contribution in [0.15, 0.2) is 22.6 Å². The number of benzene rings is 1. The Morgan fingerprint density at radius 1 is 1.00 bits per heavy atom. The molecule has 1 aliphatic rings. The predicted octanol–water partition coefficient (Wildman–Crippen LogP) is 4.50. The first kappa shape index (κ1) is 25.1. The van der Waals surface area contributed by atoms with Crippen LogP contribution in [0.4, 0.5) is 5.88 Å². The second kappa shape index (κ2) is 10.3. The fourth-order valence-corrected chi connectivity index (χ4v) is 4.59. The average Bonchev–Trinajstić information content (AvgIpc) is 3.17. The van der Waals surface area contributed by atoms with Crippen LogP contribution in [0.1, 0.15) is 80.3 Å². The molecule has 0 spiro atoms. The van der Waals surface area contributed by atoms with Gasteiger partial charge in [-0.1, -0.05) is 11.6 Å². The molecule has 1 aromatic carbocycles. The average molecular weight is 493 g/mol. The van der Waals surface area contributed by atoms with Crippen molar-refractivity contribution in [3.8, 4) is 0 Å². The third kappa shape index (κ3) is 4.86. The monoisotopic (exact) mass is 492 g/mol. The molecule has 2 heterocycles. The molecule has 2 aromatic heterocycles. The van der Waals surface area contributed by atoms with E-state index < -0.39 is 30.2 Å². The van der Waals surface area contributed by atoms with Gasteiger partial charge in [-0.25, -0.2) is 9.59 Å². The number of pyridine rings is 1. The number of carbonyl (C=O) groups is 4. The SMILES string of the molecule is CCOC(=O)c1c(NC(=O)COC(=O)c2c3c(nc4ccc(C)cc24)CCCC3)oc(C)c1C(C)=O. The number of carbonyl (C=O) groups excluding carboxylic acids is 4. The van der Waals surface area contributed by atoms with Crippen LogP contribution in [-0.2, 0) is 27.1 Å². The molecule has 0 aliphatic heterocycles. The number of aryl methyl sites for hydroxylation is 3. The first-order valence-corrected chi connectivity index (χ1v) is 11.9. The number of hydrogen-bond acceptors (Lipinski definition) is 8. The van der Waals surface area contributed by atoms with Crippen molar-refractivity contribution in [1.29, 1.82) is 0 Å². The quantitative estimate of drug-likeness (QED) is 0.378. The Balaban J connectivity index is 1.58. The zero-order valence-corrected chi connectivity index (χ0v) is 20.8. The van der Waals surface area contributed by atoms with Crippen LogP contribution in [0.5, 0.6) is 0 Å². The van der Waals surface area contributed by atoms with E-state index in [1.54, 1.807) is 6.92 Å². The Labute approximate surface area is 208 Å². The van der Waals surface area contributed by atoms with E-state index in [0.717, 1.165) is 36.1 Å². The Bertz CT molecular complexity index is 1390. The Kier molecular flexibility index (Phi) is 7.19. The van der Waals surface area contributed by atoms with Crippen LogP contribution in [0, 0.1) is 13.8 Å². The van der Waals surface area contributed by atoms with Gasteiger partial charge in [0.15, 0.2) is 12.4 Å². The molecule has 188 valence electrons. The Morgan fingerprint density at radius 2 is 1.72 bits per heavy atom. The van der Waals surface area contributed by atoms with Gasteiger partial charge in [-0.2, -0.15) is 0 Å². The third-order valence-electron chi connectivity index (χ3n) is 6.12. The first-order chi connectivity index (χ1) is 17.2. The van der Waals surface area contributed by atoms with Crippen LogP contribution in [0.25, 0.3) is 10.9 Å². The lowest BCUT2D eigenvalue weighted by Gasteiger charge is -2.20. The molecular weight excluding hydrogens is 464 g/mol. The van der Waals surface area contributed by atoms with Crippen molar-refractivity contribution in [3.05, 3.63) is 57.5 Å². The molecule has 9 nitrogen and oxygen atoms in total. The van der Waals surface area contributed by atoms with Crippen molar-refractivity contribution in [1.82, 2.24) is 4.98 Å². The number of furan rings is 1. The second-order valence-corrected chi connectivity index (χ2v) is 8.78. The van der Waals surface area contributed by atoms with Gasteiger partial charge in [0.2, 0.25) is 5.88 Å². The molecule has 0 fully saturated rings. The minimum absolute atomic E-state index is 0.0333. The number of ketones is 1. The van der Waals surface area contributed by atoms with Gasteiger partial charge in [0, 0.05) is 11.1 Å². The van der Waals surface area contributed by atoms with Gasteiger partial charge >= 0.3 is 11.9 Å². The highest BCUT2D eigenvalue weighted by atomic mass is 16.5. The number of nitrogens with zero attached hydrogens (tertiary/aromatic N) is 1. The van der Waals surface area contributed by atoms with E-state index in [0.29, 0.717) is 22.9 Å². The summed E-state index contributed by atoms with van der Waals surface area (Å²) in [6, 6.07) is 5.72. The summed E-state index contributed by atoms with van der Waals surface area (Å²) in [5, 5.41) is 3.13. The summed E-state index contributed by atoms with van der Waals surface area (Å²) in [7, 11) is 0. The van der Waals surface area contributed by atoms with Crippen molar-refractivity contribution >= 4 is 40.4 Å². The number of ether oxygens (including phenoxy) is 2. The van der Waals surface area contributed by atoms with Gasteiger partial charge in [-0.3, -0.25) is 19.9 Å². The summed E-state index contributed by atoms with van der Waals surface area (Å²) in [5.41, 5.74) is 3.74. The molecule has 0 saturated heterocycles.